The summed E-state index contributed by atoms with van der Waals surface area (Å²) in [4.78, 5) is 13.9. The number of carbonyl (C=O) groups is 1. The first-order chi connectivity index (χ1) is 12.2. The Morgan fingerprint density at radius 2 is 1.88 bits per heavy atom. The molecular formula is C18H17N5O2. The van der Waals surface area contributed by atoms with E-state index in [1.807, 2.05) is 47.0 Å². The van der Waals surface area contributed by atoms with Crippen molar-refractivity contribution >= 4 is 33.7 Å². The Balaban J connectivity index is 1.47. The van der Waals surface area contributed by atoms with Crippen LogP contribution in [0.1, 0.15) is 0 Å². The summed E-state index contributed by atoms with van der Waals surface area (Å²) in [6.45, 7) is 1.19. The highest BCUT2D eigenvalue weighted by Gasteiger charge is 2.11. The first-order valence-electron chi connectivity index (χ1n) is 7.96. The quantitative estimate of drug-likeness (QED) is 0.620. The number of aromatic nitrogens is 3. The molecule has 126 valence electrons. The number of likely N-dealkylation sites (N-methyl/N-ethyl adjacent to an activating group) is 1. The van der Waals surface area contributed by atoms with Crippen molar-refractivity contribution in [2.75, 3.05) is 18.9 Å². The zero-order chi connectivity index (χ0) is 17.2. The van der Waals surface area contributed by atoms with E-state index < -0.39 is 0 Å². The molecule has 0 radical (unpaired) electrons. The molecule has 0 spiro atoms. The molecule has 2 heterocycles. The summed E-state index contributed by atoms with van der Waals surface area (Å²) in [7, 11) is 1.75. The number of amides is 2. The Morgan fingerprint density at radius 3 is 2.72 bits per heavy atom. The highest BCUT2D eigenvalue weighted by atomic mass is 16.3. The van der Waals surface area contributed by atoms with E-state index in [4.69, 9.17) is 4.42 Å². The van der Waals surface area contributed by atoms with Crippen LogP contribution in [0.4, 0.5) is 10.5 Å². The number of fused-ring (bicyclic) bond motifs is 3. The molecule has 2 aromatic carbocycles. The van der Waals surface area contributed by atoms with Gasteiger partial charge in [0.05, 0.1) is 0 Å². The standard InChI is InChI=1S/C18H17N5O2/c1-22(8-9-23-11-19-20-12-23)18(24)21-13-6-7-15-14-4-2-3-5-16(14)25-17(15)10-13/h2-7,10-12H,8-9H2,1H3,(H,21,24). The molecule has 4 rings (SSSR count). The number of benzene rings is 2. The number of para-hydroxylation sites is 1. The summed E-state index contributed by atoms with van der Waals surface area (Å²) in [5.41, 5.74) is 2.30. The van der Waals surface area contributed by atoms with E-state index in [1.54, 1.807) is 24.6 Å². The van der Waals surface area contributed by atoms with Crippen molar-refractivity contribution in [1.82, 2.24) is 19.7 Å². The fourth-order valence-corrected chi connectivity index (χ4v) is 2.73. The number of nitrogens with one attached hydrogen (secondary N) is 1. The van der Waals surface area contributed by atoms with Crippen LogP contribution in [0.25, 0.3) is 21.9 Å². The average molecular weight is 335 g/mol. The molecule has 2 amide bonds. The van der Waals surface area contributed by atoms with Gasteiger partial charge in [0.15, 0.2) is 0 Å². The number of nitrogens with zero attached hydrogens (tertiary/aromatic N) is 4. The summed E-state index contributed by atoms with van der Waals surface area (Å²) in [6, 6.07) is 13.4. The molecule has 0 aliphatic carbocycles. The first-order valence-corrected chi connectivity index (χ1v) is 7.96. The number of urea groups is 1. The molecule has 7 nitrogen and oxygen atoms in total. The Labute approximate surface area is 143 Å². The minimum absolute atomic E-state index is 0.177. The summed E-state index contributed by atoms with van der Waals surface area (Å²) in [5.74, 6) is 0. The highest BCUT2D eigenvalue weighted by Crippen LogP contribution is 2.30. The van der Waals surface area contributed by atoms with Gasteiger partial charge in [-0.2, -0.15) is 0 Å². The van der Waals surface area contributed by atoms with E-state index in [0.717, 1.165) is 21.9 Å². The fourth-order valence-electron chi connectivity index (χ4n) is 2.73. The molecule has 0 atom stereocenters. The van der Waals surface area contributed by atoms with Gasteiger partial charge in [-0.3, -0.25) is 0 Å². The van der Waals surface area contributed by atoms with E-state index in [-0.39, 0.29) is 6.03 Å². The number of carbonyl (C=O) groups excluding carboxylic acids is 1. The van der Waals surface area contributed by atoms with Gasteiger partial charge in [0.2, 0.25) is 0 Å². The van der Waals surface area contributed by atoms with Crippen LogP contribution in [0.2, 0.25) is 0 Å². The molecule has 7 heteroatoms. The monoisotopic (exact) mass is 335 g/mol. The Morgan fingerprint density at radius 1 is 1.12 bits per heavy atom. The fraction of sp³-hybridized carbons (Fsp3) is 0.167. The van der Waals surface area contributed by atoms with Gasteiger partial charge in [-0.05, 0) is 18.2 Å². The summed E-state index contributed by atoms with van der Waals surface area (Å²) < 4.78 is 7.67. The van der Waals surface area contributed by atoms with Crippen LogP contribution >= 0.6 is 0 Å². The lowest BCUT2D eigenvalue weighted by Crippen LogP contribution is -2.33. The lowest BCUT2D eigenvalue weighted by molar-refractivity contribution is 0.220. The topological polar surface area (TPSA) is 76.2 Å². The molecule has 0 unspecified atom stereocenters. The maximum absolute atomic E-state index is 12.3. The van der Waals surface area contributed by atoms with Crippen LogP contribution in [-0.4, -0.2) is 39.3 Å². The van der Waals surface area contributed by atoms with Gasteiger partial charge in [-0.15, -0.1) is 10.2 Å². The van der Waals surface area contributed by atoms with Gasteiger partial charge < -0.3 is 19.2 Å². The number of furan rings is 1. The van der Waals surface area contributed by atoms with Crippen molar-refractivity contribution < 1.29 is 9.21 Å². The number of anilines is 1. The summed E-state index contributed by atoms with van der Waals surface area (Å²) in [5, 5.41) is 12.5. The van der Waals surface area contributed by atoms with Crippen molar-refractivity contribution in [3.8, 4) is 0 Å². The number of hydrogen-bond acceptors (Lipinski definition) is 4. The SMILES string of the molecule is CN(CCn1cnnc1)C(=O)Nc1ccc2c(c1)oc1ccccc12. The van der Waals surface area contributed by atoms with Crippen molar-refractivity contribution in [2.24, 2.45) is 0 Å². The molecule has 0 saturated carbocycles. The van der Waals surface area contributed by atoms with Gasteiger partial charge in [-0.1, -0.05) is 18.2 Å². The number of hydrogen-bond donors (Lipinski definition) is 1. The molecule has 4 aromatic rings. The zero-order valence-electron chi connectivity index (χ0n) is 13.7. The van der Waals surface area contributed by atoms with Gasteiger partial charge >= 0.3 is 6.03 Å². The van der Waals surface area contributed by atoms with Crippen LogP contribution < -0.4 is 5.32 Å². The minimum atomic E-state index is -0.177. The largest absolute Gasteiger partial charge is 0.456 e. The highest BCUT2D eigenvalue weighted by molar-refractivity contribution is 6.06. The van der Waals surface area contributed by atoms with Crippen LogP contribution in [0.5, 0.6) is 0 Å². The Hall–Kier alpha value is -3.35. The molecule has 2 aromatic heterocycles. The third kappa shape index (κ3) is 3.03. The Kier molecular flexibility index (Phi) is 3.81. The molecule has 0 saturated heterocycles. The summed E-state index contributed by atoms with van der Waals surface area (Å²) in [6.07, 6.45) is 3.25. The average Bonchev–Trinajstić information content (AvgIpc) is 3.26. The molecule has 0 fully saturated rings. The molecule has 25 heavy (non-hydrogen) atoms. The van der Waals surface area contributed by atoms with Crippen molar-refractivity contribution in [3.05, 3.63) is 55.1 Å². The zero-order valence-corrected chi connectivity index (χ0v) is 13.7. The lowest BCUT2D eigenvalue weighted by atomic mass is 10.1. The predicted molar refractivity (Wildman–Crippen MR) is 95.4 cm³/mol. The molecule has 0 aliphatic rings. The smallest absolute Gasteiger partial charge is 0.321 e. The van der Waals surface area contributed by atoms with E-state index in [2.05, 4.69) is 15.5 Å². The van der Waals surface area contributed by atoms with Crippen molar-refractivity contribution in [2.45, 2.75) is 6.54 Å². The van der Waals surface area contributed by atoms with Crippen LogP contribution in [0, 0.1) is 0 Å². The summed E-state index contributed by atoms with van der Waals surface area (Å²) >= 11 is 0. The molecule has 0 bridgehead atoms. The maximum Gasteiger partial charge on any atom is 0.321 e. The van der Waals surface area contributed by atoms with Gasteiger partial charge in [-0.25, -0.2) is 4.79 Å². The third-order valence-electron chi connectivity index (χ3n) is 4.14. The van der Waals surface area contributed by atoms with Crippen LogP contribution in [0.15, 0.2) is 59.5 Å². The van der Waals surface area contributed by atoms with Crippen molar-refractivity contribution in [3.63, 3.8) is 0 Å². The molecular weight excluding hydrogens is 318 g/mol. The Bertz CT molecular complexity index is 1020. The van der Waals surface area contributed by atoms with Gasteiger partial charge in [0, 0.05) is 42.7 Å². The normalized spacial score (nSPS) is 11.1. The van der Waals surface area contributed by atoms with Crippen LogP contribution in [-0.2, 0) is 6.54 Å². The second-order valence-corrected chi connectivity index (χ2v) is 5.86. The lowest BCUT2D eigenvalue weighted by Gasteiger charge is -2.18. The second-order valence-electron chi connectivity index (χ2n) is 5.86. The first kappa shape index (κ1) is 15.2. The number of rotatable bonds is 4. The maximum atomic E-state index is 12.3. The van der Waals surface area contributed by atoms with Gasteiger partial charge in [0.25, 0.3) is 0 Å². The second kappa shape index (κ2) is 6.27. The van der Waals surface area contributed by atoms with E-state index >= 15 is 0 Å². The third-order valence-corrected chi connectivity index (χ3v) is 4.14. The van der Waals surface area contributed by atoms with Crippen molar-refractivity contribution in [1.29, 1.82) is 0 Å². The van der Waals surface area contributed by atoms with Gasteiger partial charge in [0.1, 0.15) is 23.8 Å². The molecule has 0 aliphatic heterocycles. The minimum Gasteiger partial charge on any atom is -0.456 e. The van der Waals surface area contributed by atoms with E-state index in [9.17, 15) is 4.79 Å². The molecule has 1 N–H and O–H groups in total. The van der Waals surface area contributed by atoms with E-state index in [1.165, 1.54) is 0 Å². The van der Waals surface area contributed by atoms with E-state index in [0.29, 0.717) is 18.8 Å². The predicted octanol–water partition coefficient (Wildman–Crippen LogP) is 3.34. The van der Waals surface area contributed by atoms with Crippen LogP contribution in [0.3, 0.4) is 0 Å².